The third-order valence-electron chi connectivity index (χ3n) is 2.76. The van der Waals surface area contributed by atoms with Crippen LogP contribution in [0.4, 0.5) is 0 Å². The minimum absolute atomic E-state index is 0.722. The number of hydrogen-bond acceptors (Lipinski definition) is 2. The minimum Gasteiger partial charge on any atom is -0.313 e. The Morgan fingerprint density at radius 1 is 1.43 bits per heavy atom. The summed E-state index contributed by atoms with van der Waals surface area (Å²) in [6.45, 7) is 7.80. The zero-order valence-electron chi connectivity index (χ0n) is 9.84. The van der Waals surface area contributed by atoms with Crippen molar-refractivity contribution in [2.45, 2.75) is 39.2 Å². The fourth-order valence-electron chi connectivity index (χ4n) is 1.87. The zero-order valence-corrected chi connectivity index (χ0v) is 9.84. The lowest BCUT2D eigenvalue weighted by Crippen LogP contribution is -2.42. The van der Waals surface area contributed by atoms with Gasteiger partial charge in [-0.15, -0.1) is 0 Å². The van der Waals surface area contributed by atoms with Crippen molar-refractivity contribution in [2.24, 2.45) is 0 Å². The molecular formula is C12H24N2. The minimum atomic E-state index is 0.722. The molecule has 1 aliphatic heterocycles. The number of rotatable bonds is 4. The summed E-state index contributed by atoms with van der Waals surface area (Å²) in [5.41, 5.74) is 1.41. The van der Waals surface area contributed by atoms with E-state index >= 15 is 0 Å². The molecule has 0 spiro atoms. The summed E-state index contributed by atoms with van der Waals surface area (Å²) in [7, 11) is 2.20. The molecule has 14 heavy (non-hydrogen) atoms. The molecule has 0 aromatic rings. The predicted octanol–water partition coefficient (Wildman–Crippen LogP) is 2.03. The molecule has 1 rings (SSSR count). The van der Waals surface area contributed by atoms with Gasteiger partial charge in [-0.2, -0.15) is 0 Å². The molecule has 82 valence electrons. The Bertz CT molecular complexity index is 177. The summed E-state index contributed by atoms with van der Waals surface area (Å²) in [5, 5.41) is 3.58. The summed E-state index contributed by atoms with van der Waals surface area (Å²) in [5.74, 6) is 0. The van der Waals surface area contributed by atoms with E-state index in [1.165, 1.54) is 37.9 Å². The monoisotopic (exact) mass is 196 g/mol. The van der Waals surface area contributed by atoms with E-state index in [0.717, 1.165) is 12.6 Å². The standard InChI is InChI=1S/C12H24N2/c1-11(2)7-9-14(3)10-12-6-4-5-8-13-12/h7,12-13H,4-6,8-10H2,1-3H3. The first kappa shape index (κ1) is 11.7. The lowest BCUT2D eigenvalue weighted by atomic mass is 10.0. The van der Waals surface area contributed by atoms with Gasteiger partial charge in [-0.25, -0.2) is 0 Å². The van der Waals surface area contributed by atoms with Crippen molar-refractivity contribution in [1.29, 1.82) is 0 Å². The van der Waals surface area contributed by atoms with Crippen molar-refractivity contribution in [3.63, 3.8) is 0 Å². The molecule has 0 aromatic carbocycles. The maximum atomic E-state index is 3.58. The normalized spacial score (nSPS) is 22.4. The van der Waals surface area contributed by atoms with Crippen molar-refractivity contribution >= 4 is 0 Å². The molecule has 0 bridgehead atoms. The van der Waals surface area contributed by atoms with Crippen LogP contribution in [0.25, 0.3) is 0 Å². The van der Waals surface area contributed by atoms with Crippen LogP contribution in [0.2, 0.25) is 0 Å². The molecule has 2 nitrogen and oxygen atoms in total. The van der Waals surface area contributed by atoms with Crippen LogP contribution >= 0.6 is 0 Å². The van der Waals surface area contributed by atoms with Gasteiger partial charge in [0.2, 0.25) is 0 Å². The SMILES string of the molecule is CC(C)=CCN(C)CC1CCCCN1. The van der Waals surface area contributed by atoms with E-state index in [2.05, 4.69) is 37.2 Å². The summed E-state index contributed by atoms with van der Waals surface area (Å²) < 4.78 is 0. The zero-order chi connectivity index (χ0) is 10.4. The molecule has 0 amide bonds. The van der Waals surface area contributed by atoms with E-state index in [0.29, 0.717) is 0 Å². The molecule has 1 saturated heterocycles. The first-order chi connectivity index (χ1) is 6.68. The lowest BCUT2D eigenvalue weighted by molar-refractivity contribution is 0.280. The van der Waals surface area contributed by atoms with Gasteiger partial charge < -0.3 is 10.2 Å². The summed E-state index contributed by atoms with van der Waals surface area (Å²) in [4.78, 5) is 2.40. The van der Waals surface area contributed by atoms with Crippen molar-refractivity contribution in [3.05, 3.63) is 11.6 Å². The topological polar surface area (TPSA) is 15.3 Å². The van der Waals surface area contributed by atoms with Crippen LogP contribution in [0.1, 0.15) is 33.1 Å². The summed E-state index contributed by atoms with van der Waals surface area (Å²) in [6, 6.07) is 0.722. The first-order valence-corrected chi connectivity index (χ1v) is 5.74. The third-order valence-corrected chi connectivity index (χ3v) is 2.76. The molecule has 0 saturated carbocycles. The van der Waals surface area contributed by atoms with E-state index in [1.54, 1.807) is 0 Å². The molecule has 1 N–H and O–H groups in total. The lowest BCUT2D eigenvalue weighted by Gasteiger charge is -2.27. The molecule has 0 aromatic heterocycles. The Morgan fingerprint density at radius 2 is 2.21 bits per heavy atom. The quantitative estimate of drug-likeness (QED) is 0.692. The first-order valence-electron chi connectivity index (χ1n) is 5.74. The number of nitrogens with zero attached hydrogens (tertiary/aromatic N) is 1. The van der Waals surface area contributed by atoms with E-state index in [-0.39, 0.29) is 0 Å². The largest absolute Gasteiger partial charge is 0.313 e. The molecule has 1 aliphatic rings. The van der Waals surface area contributed by atoms with E-state index in [4.69, 9.17) is 0 Å². The van der Waals surface area contributed by atoms with Crippen LogP contribution < -0.4 is 5.32 Å². The van der Waals surface area contributed by atoms with Gasteiger partial charge in [0.25, 0.3) is 0 Å². The van der Waals surface area contributed by atoms with Gasteiger partial charge >= 0.3 is 0 Å². The number of hydrogen-bond donors (Lipinski definition) is 1. The van der Waals surface area contributed by atoms with Gasteiger partial charge in [-0.05, 0) is 40.3 Å². The average Bonchev–Trinajstić information content (AvgIpc) is 2.16. The van der Waals surface area contributed by atoms with Crippen molar-refractivity contribution < 1.29 is 0 Å². The highest BCUT2D eigenvalue weighted by molar-refractivity contribution is 4.94. The Morgan fingerprint density at radius 3 is 2.79 bits per heavy atom. The van der Waals surface area contributed by atoms with Gasteiger partial charge in [0.1, 0.15) is 0 Å². The molecule has 0 radical (unpaired) electrons. The second-order valence-corrected chi connectivity index (χ2v) is 4.65. The molecule has 1 heterocycles. The summed E-state index contributed by atoms with van der Waals surface area (Å²) >= 11 is 0. The van der Waals surface area contributed by atoms with Crippen LogP contribution in [0.3, 0.4) is 0 Å². The molecule has 2 heteroatoms. The third kappa shape index (κ3) is 4.77. The van der Waals surface area contributed by atoms with Crippen LogP contribution in [-0.2, 0) is 0 Å². The molecule has 0 aliphatic carbocycles. The summed E-state index contributed by atoms with van der Waals surface area (Å²) in [6.07, 6.45) is 6.39. The van der Waals surface area contributed by atoms with Crippen molar-refractivity contribution in [3.8, 4) is 0 Å². The van der Waals surface area contributed by atoms with Crippen LogP contribution in [0.15, 0.2) is 11.6 Å². The Kier molecular flexibility index (Phi) is 5.20. The van der Waals surface area contributed by atoms with Gasteiger partial charge in [0, 0.05) is 19.1 Å². The molecule has 1 atom stereocenters. The molecule has 1 unspecified atom stereocenters. The van der Waals surface area contributed by atoms with Crippen molar-refractivity contribution in [1.82, 2.24) is 10.2 Å². The number of piperidine rings is 1. The van der Waals surface area contributed by atoms with Crippen LogP contribution in [0, 0.1) is 0 Å². The van der Waals surface area contributed by atoms with E-state index < -0.39 is 0 Å². The van der Waals surface area contributed by atoms with Gasteiger partial charge in [-0.1, -0.05) is 18.1 Å². The smallest absolute Gasteiger partial charge is 0.0195 e. The van der Waals surface area contributed by atoms with Crippen LogP contribution in [-0.4, -0.2) is 37.6 Å². The maximum absolute atomic E-state index is 3.58. The highest BCUT2D eigenvalue weighted by Gasteiger charge is 2.13. The van der Waals surface area contributed by atoms with E-state index in [1.807, 2.05) is 0 Å². The number of likely N-dealkylation sites (N-methyl/N-ethyl adjacent to an activating group) is 1. The fraction of sp³-hybridized carbons (Fsp3) is 0.833. The van der Waals surface area contributed by atoms with Crippen molar-refractivity contribution in [2.75, 3.05) is 26.7 Å². The number of nitrogens with one attached hydrogen (secondary N) is 1. The fourth-order valence-corrected chi connectivity index (χ4v) is 1.87. The predicted molar refractivity (Wildman–Crippen MR) is 62.6 cm³/mol. The Labute approximate surface area is 88.4 Å². The second-order valence-electron chi connectivity index (χ2n) is 4.65. The number of allylic oxidation sites excluding steroid dienone is 1. The highest BCUT2D eigenvalue weighted by Crippen LogP contribution is 2.07. The van der Waals surface area contributed by atoms with Gasteiger partial charge in [-0.3, -0.25) is 0 Å². The second kappa shape index (κ2) is 6.20. The van der Waals surface area contributed by atoms with Gasteiger partial charge in [0.15, 0.2) is 0 Å². The molecular weight excluding hydrogens is 172 g/mol. The van der Waals surface area contributed by atoms with Gasteiger partial charge in [0.05, 0.1) is 0 Å². The highest BCUT2D eigenvalue weighted by atomic mass is 15.1. The average molecular weight is 196 g/mol. The Balaban J connectivity index is 2.18. The van der Waals surface area contributed by atoms with Crippen LogP contribution in [0.5, 0.6) is 0 Å². The van der Waals surface area contributed by atoms with E-state index in [9.17, 15) is 0 Å². The molecule has 1 fully saturated rings. The Hall–Kier alpha value is -0.340. The maximum Gasteiger partial charge on any atom is 0.0195 e.